The van der Waals surface area contributed by atoms with Crippen molar-refractivity contribution in [3.05, 3.63) is 46.7 Å². The number of carboxylic acid groups (broad SMARTS) is 1. The van der Waals surface area contributed by atoms with Crippen LogP contribution in [-0.2, 0) is 21.4 Å². The standard InChI is InChI=1S/C17H19F3N2O3S2.CH2O2/c18-17(19,20)25-15-5-1-2-6-16(15)27(23,24)21-13-7-9-22(10-8-13)12-14-4-3-11-26-14;2-1-3/h1-6,11,13,21H,7-10,12H2;1H,(H,2,3). The van der Waals surface area contributed by atoms with E-state index in [0.29, 0.717) is 25.9 Å². The number of nitrogens with zero attached hydrogens (tertiary/aromatic N) is 1. The predicted molar refractivity (Wildman–Crippen MR) is 105 cm³/mol. The molecular weight excluding hydrogens is 445 g/mol. The summed E-state index contributed by atoms with van der Waals surface area (Å²) in [5, 5.41) is 8.90. The third-order valence-corrected chi connectivity index (χ3v) is 6.65. The molecule has 1 aromatic carbocycles. The summed E-state index contributed by atoms with van der Waals surface area (Å²) in [7, 11) is -4.12. The van der Waals surface area contributed by atoms with Crippen molar-refractivity contribution in [1.82, 2.24) is 9.62 Å². The van der Waals surface area contributed by atoms with Crippen LogP contribution >= 0.6 is 11.3 Å². The Hall–Kier alpha value is -2.15. The van der Waals surface area contributed by atoms with Crippen molar-refractivity contribution in [3.63, 3.8) is 0 Å². The van der Waals surface area contributed by atoms with Gasteiger partial charge in [-0.05, 0) is 36.4 Å². The van der Waals surface area contributed by atoms with Crippen molar-refractivity contribution >= 4 is 27.8 Å². The van der Waals surface area contributed by atoms with Crippen LogP contribution in [0.5, 0.6) is 5.75 Å². The summed E-state index contributed by atoms with van der Waals surface area (Å²) in [6, 6.07) is 8.47. The van der Waals surface area contributed by atoms with Crippen molar-refractivity contribution in [1.29, 1.82) is 0 Å². The van der Waals surface area contributed by atoms with E-state index in [0.717, 1.165) is 18.7 Å². The molecule has 0 saturated carbocycles. The lowest BCUT2D eigenvalue weighted by atomic mass is 10.1. The predicted octanol–water partition coefficient (Wildman–Crippen LogP) is 3.29. The SMILES string of the molecule is O=CO.O=S(=O)(NC1CCN(Cc2cccs2)CC1)c1ccccc1OC(F)(F)F. The molecule has 0 bridgehead atoms. The lowest BCUT2D eigenvalue weighted by Crippen LogP contribution is -2.44. The second kappa shape index (κ2) is 10.8. The molecule has 2 N–H and O–H groups in total. The molecule has 0 unspecified atom stereocenters. The van der Waals surface area contributed by atoms with E-state index in [1.54, 1.807) is 11.3 Å². The van der Waals surface area contributed by atoms with Crippen LogP contribution in [0.15, 0.2) is 46.7 Å². The lowest BCUT2D eigenvalue weighted by Gasteiger charge is -2.32. The maximum atomic E-state index is 12.6. The zero-order chi connectivity index (χ0) is 22.2. The average Bonchev–Trinajstić information content (AvgIpc) is 3.16. The van der Waals surface area contributed by atoms with E-state index in [-0.39, 0.29) is 12.5 Å². The van der Waals surface area contributed by atoms with E-state index >= 15 is 0 Å². The first-order chi connectivity index (χ1) is 14.1. The molecule has 1 aliphatic heterocycles. The van der Waals surface area contributed by atoms with Crippen molar-refractivity contribution in [2.75, 3.05) is 13.1 Å². The van der Waals surface area contributed by atoms with Gasteiger partial charge in [0.1, 0.15) is 10.6 Å². The van der Waals surface area contributed by atoms with E-state index in [9.17, 15) is 21.6 Å². The van der Waals surface area contributed by atoms with Gasteiger partial charge in [-0.1, -0.05) is 18.2 Å². The van der Waals surface area contributed by atoms with E-state index in [2.05, 4.69) is 20.4 Å². The largest absolute Gasteiger partial charge is 0.573 e. The Morgan fingerprint density at radius 2 is 1.83 bits per heavy atom. The van der Waals surface area contributed by atoms with E-state index in [4.69, 9.17) is 9.90 Å². The fourth-order valence-electron chi connectivity index (χ4n) is 3.00. The molecule has 1 aliphatic rings. The van der Waals surface area contributed by atoms with Gasteiger partial charge in [-0.3, -0.25) is 9.69 Å². The first kappa shape index (κ1) is 24.1. The number of thiophene rings is 1. The van der Waals surface area contributed by atoms with E-state index in [1.165, 1.54) is 17.0 Å². The second-order valence-corrected chi connectivity index (χ2v) is 9.07. The minimum absolute atomic E-state index is 0.250. The molecule has 0 amide bonds. The van der Waals surface area contributed by atoms with Crippen LogP contribution in [0.2, 0.25) is 0 Å². The number of hydrogen-bond acceptors (Lipinski definition) is 6. The average molecular weight is 467 g/mol. The zero-order valence-corrected chi connectivity index (χ0v) is 17.3. The number of hydrogen-bond donors (Lipinski definition) is 2. The van der Waals surface area contributed by atoms with Crippen molar-refractivity contribution < 1.29 is 36.2 Å². The van der Waals surface area contributed by atoms with Gasteiger partial charge in [-0.25, -0.2) is 13.1 Å². The molecule has 0 radical (unpaired) electrons. The molecule has 2 aromatic rings. The quantitative estimate of drug-likeness (QED) is 0.635. The molecule has 12 heteroatoms. The maximum absolute atomic E-state index is 12.6. The molecule has 166 valence electrons. The number of benzene rings is 1. The molecule has 7 nitrogen and oxygen atoms in total. The molecule has 30 heavy (non-hydrogen) atoms. The smallest absolute Gasteiger partial charge is 0.483 e. The van der Waals surface area contributed by atoms with Crippen LogP contribution in [0.25, 0.3) is 0 Å². The number of nitrogens with one attached hydrogen (secondary N) is 1. The Labute approximate surface area is 176 Å². The fourth-order valence-corrected chi connectivity index (χ4v) is 5.18. The van der Waals surface area contributed by atoms with Crippen LogP contribution in [0.3, 0.4) is 0 Å². The van der Waals surface area contributed by atoms with Gasteiger partial charge in [0.05, 0.1) is 0 Å². The molecule has 1 aromatic heterocycles. The fraction of sp³-hybridized carbons (Fsp3) is 0.389. The molecule has 1 fully saturated rings. The number of para-hydroxylation sites is 1. The molecular formula is C18H21F3N2O5S2. The highest BCUT2D eigenvalue weighted by Gasteiger charge is 2.34. The monoisotopic (exact) mass is 466 g/mol. The van der Waals surface area contributed by atoms with E-state index < -0.39 is 27.0 Å². The first-order valence-corrected chi connectivity index (χ1v) is 11.2. The number of rotatable bonds is 6. The number of carbonyl (C=O) groups is 1. The molecule has 2 heterocycles. The summed E-state index contributed by atoms with van der Waals surface area (Å²) in [6.45, 7) is 2.00. The topological polar surface area (TPSA) is 95.9 Å². The molecule has 0 spiro atoms. The van der Waals surface area contributed by atoms with Crippen molar-refractivity contribution in [3.8, 4) is 5.75 Å². The number of likely N-dealkylation sites (tertiary alicyclic amines) is 1. The van der Waals surface area contributed by atoms with Crippen molar-refractivity contribution in [2.24, 2.45) is 0 Å². The molecule has 1 saturated heterocycles. The Morgan fingerprint density at radius 1 is 1.20 bits per heavy atom. The zero-order valence-electron chi connectivity index (χ0n) is 15.7. The Balaban J connectivity index is 0.00000101. The summed E-state index contributed by atoms with van der Waals surface area (Å²) < 4.78 is 69.1. The lowest BCUT2D eigenvalue weighted by molar-refractivity contribution is -0.275. The summed E-state index contributed by atoms with van der Waals surface area (Å²) in [4.78, 5) is 11.3. The highest BCUT2D eigenvalue weighted by atomic mass is 32.2. The van der Waals surface area contributed by atoms with Crippen LogP contribution in [0.1, 0.15) is 17.7 Å². The highest BCUT2D eigenvalue weighted by Crippen LogP contribution is 2.30. The van der Waals surface area contributed by atoms with Gasteiger partial charge < -0.3 is 9.84 Å². The Kier molecular flexibility index (Phi) is 8.65. The van der Waals surface area contributed by atoms with Crippen molar-refractivity contribution in [2.45, 2.75) is 36.7 Å². The van der Waals surface area contributed by atoms with E-state index in [1.807, 2.05) is 11.4 Å². The van der Waals surface area contributed by atoms with Gasteiger partial charge in [0.25, 0.3) is 6.47 Å². The Bertz CT molecular complexity index is 897. The third kappa shape index (κ3) is 7.59. The number of piperidine rings is 1. The maximum Gasteiger partial charge on any atom is 0.573 e. The highest BCUT2D eigenvalue weighted by molar-refractivity contribution is 7.89. The summed E-state index contributed by atoms with van der Waals surface area (Å²) >= 11 is 1.67. The third-order valence-electron chi connectivity index (χ3n) is 4.23. The molecule has 0 aliphatic carbocycles. The number of sulfonamides is 1. The van der Waals surface area contributed by atoms with Crippen LogP contribution in [0.4, 0.5) is 13.2 Å². The number of alkyl halides is 3. The second-order valence-electron chi connectivity index (χ2n) is 6.35. The number of ether oxygens (including phenoxy) is 1. The minimum Gasteiger partial charge on any atom is -0.483 e. The minimum atomic E-state index is -4.96. The Morgan fingerprint density at radius 3 is 2.40 bits per heavy atom. The van der Waals surface area contributed by atoms with Gasteiger partial charge in [0, 0.05) is 30.6 Å². The summed E-state index contributed by atoms with van der Waals surface area (Å²) in [5.74, 6) is -0.729. The molecule has 0 atom stereocenters. The summed E-state index contributed by atoms with van der Waals surface area (Å²) in [5.41, 5.74) is 0. The van der Waals surface area contributed by atoms with Crippen LogP contribution < -0.4 is 9.46 Å². The van der Waals surface area contributed by atoms with Gasteiger partial charge >= 0.3 is 6.36 Å². The van der Waals surface area contributed by atoms with Crippen LogP contribution in [-0.4, -0.2) is 50.4 Å². The van der Waals surface area contributed by atoms with Gasteiger partial charge in [0.2, 0.25) is 10.0 Å². The van der Waals surface area contributed by atoms with Crippen LogP contribution in [0, 0.1) is 0 Å². The number of halogens is 3. The normalized spacial score (nSPS) is 15.8. The summed E-state index contributed by atoms with van der Waals surface area (Å²) in [6.07, 6.45) is -3.78. The van der Waals surface area contributed by atoms with Gasteiger partial charge in [0.15, 0.2) is 0 Å². The molecule has 3 rings (SSSR count). The van der Waals surface area contributed by atoms with Gasteiger partial charge in [-0.15, -0.1) is 24.5 Å². The first-order valence-electron chi connectivity index (χ1n) is 8.84. The van der Waals surface area contributed by atoms with Gasteiger partial charge in [-0.2, -0.15) is 0 Å².